The highest BCUT2D eigenvalue weighted by Gasteiger charge is 2.82. The lowest BCUT2D eigenvalue weighted by Crippen LogP contribution is -2.75. The number of aryl methyl sites for hydroxylation is 1. The van der Waals surface area contributed by atoms with Crippen molar-refractivity contribution in [2.24, 2.45) is 79.8 Å². The van der Waals surface area contributed by atoms with Crippen LogP contribution in [0.3, 0.4) is 0 Å². The smallest absolute Gasteiger partial charge is 0.234 e. The summed E-state index contributed by atoms with van der Waals surface area (Å²) in [5, 5.41) is 106. The van der Waals surface area contributed by atoms with Gasteiger partial charge in [0.2, 0.25) is 5.91 Å². The third-order valence-electron chi connectivity index (χ3n) is 24.4. The summed E-state index contributed by atoms with van der Waals surface area (Å²) in [5.74, 6) is -1.86. The fraction of sp³-hybridized carbons (Fsp3) is 0.797. The first-order chi connectivity index (χ1) is 35.2. The van der Waals surface area contributed by atoms with E-state index in [2.05, 4.69) is 45.2 Å². The van der Waals surface area contributed by atoms with Gasteiger partial charge in [0, 0.05) is 59.4 Å². The summed E-state index contributed by atoms with van der Waals surface area (Å²) in [7, 11) is 4.51. The van der Waals surface area contributed by atoms with Crippen molar-refractivity contribution in [2.45, 2.75) is 178 Å². The minimum atomic E-state index is -1.62. The number of benzene rings is 1. The first kappa shape index (κ1) is 52.7. The third kappa shape index (κ3) is 6.46. The molecule has 1 amide bonds. The maximum Gasteiger partial charge on any atom is 0.234 e. The van der Waals surface area contributed by atoms with Crippen molar-refractivity contribution in [1.82, 2.24) is 5.32 Å². The van der Waals surface area contributed by atoms with Crippen LogP contribution >= 0.6 is 21.6 Å². The van der Waals surface area contributed by atoms with E-state index in [4.69, 9.17) is 4.74 Å². The van der Waals surface area contributed by atoms with Crippen molar-refractivity contribution >= 4 is 39.0 Å². The van der Waals surface area contributed by atoms with Gasteiger partial charge >= 0.3 is 0 Å². The molecule has 8 bridgehead atoms. The summed E-state index contributed by atoms with van der Waals surface area (Å²) in [4.78, 5) is 34.1. The summed E-state index contributed by atoms with van der Waals surface area (Å²) < 4.78 is 6.57. The number of hydrogen-bond donors (Lipinski definition) is 9. The van der Waals surface area contributed by atoms with Crippen LogP contribution in [0.2, 0.25) is 0 Å². The molecule has 2 saturated heterocycles. The Hall–Kier alpha value is -2.02. The predicted octanol–water partition coefficient (Wildman–Crippen LogP) is 6.46. The molecule has 1 aromatic carbocycles. The maximum atomic E-state index is 16.2. The van der Waals surface area contributed by atoms with Crippen LogP contribution in [0.4, 0.5) is 5.69 Å². The minimum Gasteiger partial charge on any atom is -0.508 e. The fourth-order valence-electron chi connectivity index (χ4n) is 20.8. The number of aliphatic hydroxyl groups is 7. The Morgan fingerprint density at radius 1 is 0.919 bits per heavy atom. The summed E-state index contributed by atoms with van der Waals surface area (Å²) >= 11 is 0. The standard InChI is InChI=1S/C59H84N2O11S2/c1-32(2)33(3)46-49(72-46)57(70)18-9-12-36-24-41-42-26-45(65)56(27-43(64)48(67)53(52(41,56)4)16-6-7-17-53)51(69)74-73-30-38-11-8-10-37(29-62)59(38)50(68)61(31-54(59)19-14-35(28-60-5)47(54)66)39-22-34(23-40(63)25-39)13-20-55(36)44(57)15-21-58(42,55)71/h9,12,22-23,25-26,32-33,35-38,41,43-44,46-49,51,60,62-64,66-67,69-71H,6-8,10-11,13-21,24,27-31H2,1-5H3. The zero-order chi connectivity index (χ0) is 52.3. The molecule has 15 heteroatoms. The number of phenols is 1. The van der Waals surface area contributed by atoms with Crippen LogP contribution in [0, 0.1) is 79.8 Å². The van der Waals surface area contributed by atoms with E-state index < -0.39 is 91.3 Å². The van der Waals surface area contributed by atoms with Gasteiger partial charge in [0.15, 0.2) is 5.78 Å². The number of anilines is 1. The number of epoxide rings is 1. The molecule has 13 aliphatic rings. The van der Waals surface area contributed by atoms with Gasteiger partial charge < -0.3 is 55.8 Å². The van der Waals surface area contributed by atoms with Crippen LogP contribution in [0.5, 0.6) is 5.75 Å². The SMILES string of the molecule is CNCC1CCC2(CN3C(=O)C24C(CO)CCCC4CSSC(O)C24CC(O)C(O)C5(CCCC5)C2(C)C2CC5C=CCC(O)(C6OC6C(C)C(C)C)C6CCC(O)(C2=CC4=O)C56CCc2cc(O)cc3c2)C1O. The van der Waals surface area contributed by atoms with Gasteiger partial charge in [0.05, 0.1) is 40.8 Å². The van der Waals surface area contributed by atoms with Crippen LogP contribution in [0.25, 0.3) is 0 Å². The van der Waals surface area contributed by atoms with E-state index in [1.165, 1.54) is 21.6 Å². The molecular weight excluding hydrogens is 977 g/mol. The summed E-state index contributed by atoms with van der Waals surface area (Å²) in [5.41, 5.74) is -9.31. The van der Waals surface area contributed by atoms with Crippen molar-refractivity contribution in [3.63, 3.8) is 0 Å². The Balaban J connectivity index is 1.08. The van der Waals surface area contributed by atoms with Gasteiger partial charge in [-0.25, -0.2) is 0 Å². The average molecular weight is 1060 g/mol. The number of fused-ring (bicyclic) bond motifs is 1. The Labute approximate surface area is 445 Å². The molecule has 74 heavy (non-hydrogen) atoms. The number of hydrogen-bond acceptors (Lipinski definition) is 14. The lowest BCUT2D eigenvalue weighted by Gasteiger charge is -2.72. The molecule has 20 unspecified atom stereocenters. The van der Waals surface area contributed by atoms with Gasteiger partial charge in [-0.05, 0) is 167 Å². The lowest BCUT2D eigenvalue weighted by molar-refractivity contribution is -0.262. The van der Waals surface area contributed by atoms with Crippen molar-refractivity contribution in [3.8, 4) is 5.75 Å². The number of carbonyl (C=O) groups excluding carboxylic acids is 2. The molecule has 9 N–H and O–H groups in total. The van der Waals surface area contributed by atoms with Gasteiger partial charge in [-0.3, -0.25) is 9.59 Å². The quantitative estimate of drug-likeness (QED) is 0.0848. The number of ketones is 1. The topological polar surface area (TPSA) is 224 Å². The minimum absolute atomic E-state index is 0.00979. The van der Waals surface area contributed by atoms with Crippen molar-refractivity contribution in [3.05, 3.63) is 47.6 Å². The van der Waals surface area contributed by atoms with Gasteiger partial charge in [0.1, 0.15) is 22.9 Å². The molecule has 20 atom stereocenters. The second-order valence-corrected chi connectivity index (χ2v) is 29.2. The van der Waals surface area contributed by atoms with Crippen LogP contribution in [0.15, 0.2) is 42.0 Å². The molecule has 5 spiro atoms. The zero-order valence-corrected chi connectivity index (χ0v) is 45.9. The highest BCUT2D eigenvalue weighted by Crippen LogP contribution is 2.80. The number of ether oxygens (including phenoxy) is 1. The lowest BCUT2D eigenvalue weighted by atomic mass is 9.33. The van der Waals surface area contributed by atoms with E-state index in [1.54, 1.807) is 23.1 Å². The molecule has 1 aromatic rings. The van der Waals surface area contributed by atoms with Crippen molar-refractivity contribution in [2.75, 3.05) is 37.4 Å². The monoisotopic (exact) mass is 1060 g/mol. The van der Waals surface area contributed by atoms with Gasteiger partial charge in [0.25, 0.3) is 0 Å². The van der Waals surface area contributed by atoms with E-state index >= 15 is 9.59 Å². The Kier molecular flexibility index (Phi) is 12.8. The van der Waals surface area contributed by atoms with Crippen molar-refractivity contribution < 1.29 is 55.2 Å². The van der Waals surface area contributed by atoms with Crippen LogP contribution in [-0.2, 0) is 20.7 Å². The molecule has 14 rings (SSSR count). The van der Waals surface area contributed by atoms with E-state index in [0.29, 0.717) is 100 Å². The van der Waals surface area contributed by atoms with Crippen molar-refractivity contribution in [1.29, 1.82) is 0 Å². The number of aliphatic hydroxyl groups excluding tert-OH is 5. The highest BCUT2D eigenvalue weighted by atomic mass is 33.1. The van der Waals surface area contributed by atoms with Crippen LogP contribution < -0.4 is 10.2 Å². The number of phenolic OH excluding ortho intramolecular Hbond substituents is 1. The summed E-state index contributed by atoms with van der Waals surface area (Å²) in [6.07, 6.45) is 10.1. The second kappa shape index (κ2) is 18.0. The third-order valence-corrected chi connectivity index (χ3v) is 27.0. The van der Waals surface area contributed by atoms with Gasteiger partial charge in [-0.2, -0.15) is 0 Å². The summed E-state index contributed by atoms with van der Waals surface area (Å²) in [6.45, 7) is 9.15. The molecule has 0 radical (unpaired) electrons. The Morgan fingerprint density at radius 3 is 2.42 bits per heavy atom. The van der Waals surface area contributed by atoms with E-state index in [0.717, 1.165) is 24.8 Å². The molecule has 6 saturated carbocycles. The van der Waals surface area contributed by atoms with Gasteiger partial charge in [-0.15, -0.1) is 0 Å². The maximum absolute atomic E-state index is 16.2. The Morgan fingerprint density at radius 2 is 1.69 bits per heavy atom. The first-order valence-corrected chi connectivity index (χ1v) is 31.1. The van der Waals surface area contributed by atoms with Gasteiger partial charge in [-0.1, -0.05) is 80.7 Å². The predicted molar refractivity (Wildman–Crippen MR) is 285 cm³/mol. The number of rotatable bonds is 6. The molecule has 5 heterocycles. The number of aromatic hydroxyl groups is 1. The number of nitrogens with one attached hydrogen (secondary N) is 1. The number of allylic oxidation sites excluding steroid dienone is 2. The normalized spacial score (nSPS) is 49.6. The first-order valence-electron chi connectivity index (χ1n) is 28.7. The molecule has 8 fully saturated rings. The Bertz CT molecular complexity index is 2490. The van der Waals surface area contributed by atoms with E-state index in [9.17, 15) is 40.9 Å². The van der Waals surface area contributed by atoms with Crippen LogP contribution in [0.1, 0.15) is 130 Å². The zero-order valence-electron chi connectivity index (χ0n) is 44.3. The number of amides is 1. The number of nitrogens with zero attached hydrogens (tertiary/aromatic N) is 1. The highest BCUT2D eigenvalue weighted by molar-refractivity contribution is 8.76. The average Bonchev–Trinajstić information content (AvgIpc) is 3.65. The summed E-state index contributed by atoms with van der Waals surface area (Å²) in [6, 6.07) is 5.37. The number of carbonyl (C=O) groups is 2. The molecule has 0 aromatic heterocycles. The largest absolute Gasteiger partial charge is 0.508 e. The van der Waals surface area contributed by atoms with Crippen LogP contribution in [-0.4, -0.2) is 132 Å². The second-order valence-electron chi connectivity index (χ2n) is 26.7. The molecule has 13 nitrogen and oxygen atoms in total. The molecular formula is C59H84N2O11S2. The van der Waals surface area contributed by atoms with E-state index in [1.807, 2.05) is 13.1 Å². The molecule has 8 aliphatic carbocycles. The van der Waals surface area contributed by atoms with E-state index in [-0.39, 0.29) is 73.2 Å². The molecule has 5 aliphatic heterocycles. The molecule has 408 valence electrons. The fourth-order valence-corrected chi connectivity index (χ4v) is 23.9.